The van der Waals surface area contributed by atoms with Crippen molar-refractivity contribution in [3.05, 3.63) is 33.1 Å². The van der Waals surface area contributed by atoms with Crippen molar-refractivity contribution in [2.24, 2.45) is 0 Å². The van der Waals surface area contributed by atoms with Crippen LogP contribution >= 0.6 is 0 Å². The largest absolute Gasteiger partial charge is 0.382 e. The molecule has 0 radical (unpaired) electrons. The van der Waals surface area contributed by atoms with E-state index >= 15 is 0 Å². The number of rotatable bonds is 2. The Morgan fingerprint density at radius 3 is 2.39 bits per heavy atom. The molecule has 1 N–H and O–H groups in total. The van der Waals surface area contributed by atoms with Crippen LogP contribution in [0.3, 0.4) is 0 Å². The number of hydrogen-bond donors (Lipinski definition) is 1. The van der Waals surface area contributed by atoms with Crippen LogP contribution < -0.4 is 5.32 Å². The summed E-state index contributed by atoms with van der Waals surface area (Å²) in [4.78, 5) is 19.5. The highest BCUT2D eigenvalue weighted by molar-refractivity contribution is 5.93. The molecule has 1 aromatic carbocycles. The van der Waals surface area contributed by atoms with Crippen LogP contribution in [0.25, 0.3) is 11.0 Å². The monoisotopic (exact) mass is 246 g/mol. The van der Waals surface area contributed by atoms with Crippen molar-refractivity contribution in [3.63, 3.8) is 0 Å². The highest BCUT2D eigenvalue weighted by Crippen LogP contribution is 2.34. The molecule has 0 fully saturated rings. The van der Waals surface area contributed by atoms with Gasteiger partial charge in [-0.25, -0.2) is 9.97 Å². The second-order valence-electron chi connectivity index (χ2n) is 4.19. The van der Waals surface area contributed by atoms with Gasteiger partial charge in [-0.3, -0.25) is 10.1 Å². The fourth-order valence-electron chi connectivity index (χ4n) is 1.97. The lowest BCUT2D eigenvalue weighted by atomic mass is 10.1. The smallest absolute Gasteiger partial charge is 0.320 e. The zero-order valence-corrected chi connectivity index (χ0v) is 10.7. The molecule has 1 heterocycles. The minimum atomic E-state index is -0.412. The third-order valence-corrected chi connectivity index (χ3v) is 2.98. The van der Waals surface area contributed by atoms with Gasteiger partial charge in [-0.2, -0.15) is 0 Å². The number of nitro benzene ring substituents is 1. The van der Waals surface area contributed by atoms with Gasteiger partial charge in [0, 0.05) is 7.05 Å². The number of nitro groups is 1. The van der Waals surface area contributed by atoms with Crippen LogP contribution in [0.5, 0.6) is 0 Å². The third-order valence-electron chi connectivity index (χ3n) is 2.98. The minimum absolute atomic E-state index is 0.0110. The van der Waals surface area contributed by atoms with Crippen LogP contribution in [0.2, 0.25) is 0 Å². The molecule has 0 saturated carbocycles. The quantitative estimate of drug-likeness (QED) is 0.650. The van der Waals surface area contributed by atoms with Gasteiger partial charge < -0.3 is 5.32 Å². The summed E-state index contributed by atoms with van der Waals surface area (Å²) in [6, 6.07) is 1.81. The fourth-order valence-corrected chi connectivity index (χ4v) is 1.97. The van der Waals surface area contributed by atoms with Crippen molar-refractivity contribution < 1.29 is 4.92 Å². The number of aryl methyl sites for hydroxylation is 3. The van der Waals surface area contributed by atoms with Gasteiger partial charge in [0.15, 0.2) is 5.52 Å². The molecule has 0 atom stereocenters. The van der Waals surface area contributed by atoms with E-state index in [-0.39, 0.29) is 5.69 Å². The van der Waals surface area contributed by atoms with Crippen LogP contribution in [-0.2, 0) is 0 Å². The Morgan fingerprint density at radius 1 is 1.22 bits per heavy atom. The van der Waals surface area contributed by atoms with Crippen LogP contribution in [0.4, 0.5) is 11.4 Å². The van der Waals surface area contributed by atoms with Gasteiger partial charge >= 0.3 is 5.69 Å². The first-order valence-electron chi connectivity index (χ1n) is 5.56. The third kappa shape index (κ3) is 1.75. The van der Waals surface area contributed by atoms with Gasteiger partial charge in [0.05, 0.1) is 21.8 Å². The topological polar surface area (TPSA) is 81.0 Å². The maximum atomic E-state index is 11.2. The van der Waals surface area contributed by atoms with E-state index in [2.05, 4.69) is 15.3 Å². The number of nitrogens with one attached hydrogen (secondary N) is 1. The molecular weight excluding hydrogens is 232 g/mol. The molecule has 6 nitrogen and oxygen atoms in total. The predicted molar refractivity (Wildman–Crippen MR) is 70.0 cm³/mol. The van der Waals surface area contributed by atoms with E-state index in [9.17, 15) is 10.1 Å². The fraction of sp³-hybridized carbons (Fsp3) is 0.333. The Bertz CT molecular complexity index is 652. The molecule has 94 valence electrons. The SMILES string of the molecule is CNc1c(C)cc2nc(C)c(C)nc2c1[N+](=O)[O-]. The summed E-state index contributed by atoms with van der Waals surface area (Å²) in [5.74, 6) is 0. The van der Waals surface area contributed by atoms with E-state index in [1.165, 1.54) is 0 Å². The van der Waals surface area contributed by atoms with Gasteiger partial charge in [-0.05, 0) is 32.4 Å². The first kappa shape index (κ1) is 12.2. The molecule has 0 spiro atoms. The molecule has 2 aromatic rings. The highest BCUT2D eigenvalue weighted by Gasteiger charge is 2.22. The highest BCUT2D eigenvalue weighted by atomic mass is 16.6. The van der Waals surface area contributed by atoms with Crippen LogP contribution in [0.15, 0.2) is 6.07 Å². The Labute approximate surface area is 104 Å². The van der Waals surface area contributed by atoms with Crippen LogP contribution in [0, 0.1) is 30.9 Å². The minimum Gasteiger partial charge on any atom is -0.382 e. The van der Waals surface area contributed by atoms with Crippen LogP contribution in [0.1, 0.15) is 17.0 Å². The summed E-state index contributed by atoms with van der Waals surface area (Å²) in [6.45, 7) is 5.45. The first-order chi connectivity index (χ1) is 8.45. The van der Waals surface area contributed by atoms with Gasteiger partial charge in [-0.15, -0.1) is 0 Å². The van der Waals surface area contributed by atoms with Crippen molar-refractivity contribution >= 4 is 22.4 Å². The molecule has 0 saturated heterocycles. The number of aromatic nitrogens is 2. The zero-order chi connectivity index (χ0) is 13.4. The van der Waals surface area contributed by atoms with Gasteiger partial charge in [0.1, 0.15) is 5.69 Å². The average Bonchev–Trinajstić information content (AvgIpc) is 2.29. The molecule has 0 bridgehead atoms. The van der Waals surface area contributed by atoms with E-state index in [0.717, 1.165) is 11.3 Å². The molecular formula is C12H14N4O2. The standard InChI is InChI=1S/C12H14N4O2/c1-6-5-9-11(15-8(3)7(2)14-9)12(16(17)18)10(6)13-4/h5,13H,1-4H3. The summed E-state index contributed by atoms with van der Waals surface area (Å²) >= 11 is 0. The summed E-state index contributed by atoms with van der Waals surface area (Å²) in [5.41, 5.74) is 3.65. The second-order valence-corrected chi connectivity index (χ2v) is 4.19. The van der Waals surface area contributed by atoms with E-state index in [4.69, 9.17) is 0 Å². The number of benzene rings is 1. The molecule has 0 unspecified atom stereocenters. The average molecular weight is 246 g/mol. The van der Waals surface area contributed by atoms with E-state index in [1.54, 1.807) is 14.0 Å². The normalized spacial score (nSPS) is 10.7. The number of hydrogen-bond acceptors (Lipinski definition) is 5. The Balaban J connectivity index is 2.97. The molecule has 0 aliphatic heterocycles. The van der Waals surface area contributed by atoms with Crippen molar-refractivity contribution in [1.29, 1.82) is 0 Å². The van der Waals surface area contributed by atoms with E-state index in [1.807, 2.05) is 19.9 Å². The molecule has 2 rings (SSSR count). The number of nitrogens with zero attached hydrogens (tertiary/aromatic N) is 3. The molecule has 6 heteroatoms. The van der Waals surface area contributed by atoms with Crippen molar-refractivity contribution in [1.82, 2.24) is 9.97 Å². The number of fused-ring (bicyclic) bond motifs is 1. The molecule has 1 aromatic heterocycles. The van der Waals surface area contributed by atoms with Crippen molar-refractivity contribution in [2.75, 3.05) is 12.4 Å². The lowest BCUT2D eigenvalue weighted by Gasteiger charge is -2.09. The Hall–Kier alpha value is -2.24. The summed E-state index contributed by atoms with van der Waals surface area (Å²) in [7, 11) is 1.66. The van der Waals surface area contributed by atoms with Crippen molar-refractivity contribution in [3.8, 4) is 0 Å². The van der Waals surface area contributed by atoms with Crippen molar-refractivity contribution in [2.45, 2.75) is 20.8 Å². The lowest BCUT2D eigenvalue weighted by molar-refractivity contribution is -0.382. The maximum absolute atomic E-state index is 11.2. The molecule has 0 amide bonds. The lowest BCUT2D eigenvalue weighted by Crippen LogP contribution is -2.03. The summed E-state index contributed by atoms with van der Waals surface area (Å²) in [6.07, 6.45) is 0. The van der Waals surface area contributed by atoms with Gasteiger partial charge in [0.25, 0.3) is 0 Å². The van der Waals surface area contributed by atoms with Crippen LogP contribution in [-0.4, -0.2) is 21.9 Å². The summed E-state index contributed by atoms with van der Waals surface area (Å²) in [5, 5.41) is 14.1. The molecule has 18 heavy (non-hydrogen) atoms. The molecule has 0 aliphatic rings. The zero-order valence-electron chi connectivity index (χ0n) is 10.7. The Morgan fingerprint density at radius 2 is 1.83 bits per heavy atom. The van der Waals surface area contributed by atoms with E-state index < -0.39 is 4.92 Å². The molecule has 0 aliphatic carbocycles. The maximum Gasteiger partial charge on any atom is 0.320 e. The summed E-state index contributed by atoms with van der Waals surface area (Å²) < 4.78 is 0. The second kappa shape index (κ2) is 4.21. The van der Waals surface area contributed by atoms with Gasteiger partial charge in [-0.1, -0.05) is 0 Å². The predicted octanol–water partition coefficient (Wildman–Crippen LogP) is 2.50. The first-order valence-corrected chi connectivity index (χ1v) is 5.56. The van der Waals surface area contributed by atoms with Gasteiger partial charge in [0.2, 0.25) is 0 Å². The van der Waals surface area contributed by atoms with E-state index in [0.29, 0.717) is 22.4 Å². The Kier molecular flexibility index (Phi) is 2.86. The number of anilines is 1.